The molecule has 0 aliphatic heterocycles. The van der Waals surface area contributed by atoms with Crippen molar-refractivity contribution in [2.45, 2.75) is 12.8 Å². The normalized spacial score (nSPS) is 11.0. The number of rotatable bonds is 5. The van der Waals surface area contributed by atoms with Gasteiger partial charge in [0, 0.05) is 0 Å². The standard InChI is InChI=1S/C8H10O4/c9-7(10)5-3-1-2-4-6-8(11)12/h1-4H,5-6H2,(H,9,10)(H,11,12). The maximum Gasteiger partial charge on any atom is 0.307 e. The number of allylic oxidation sites excluding steroid dienone is 2. The smallest absolute Gasteiger partial charge is 0.307 e. The van der Waals surface area contributed by atoms with Crippen molar-refractivity contribution in [3.8, 4) is 0 Å². The van der Waals surface area contributed by atoms with Crippen molar-refractivity contribution in [1.29, 1.82) is 0 Å². The van der Waals surface area contributed by atoms with Gasteiger partial charge in [0.15, 0.2) is 0 Å². The number of aliphatic carboxylic acids is 2. The van der Waals surface area contributed by atoms with Crippen molar-refractivity contribution in [3.63, 3.8) is 0 Å². The lowest BCUT2D eigenvalue weighted by Gasteiger charge is -1.81. The van der Waals surface area contributed by atoms with Crippen molar-refractivity contribution in [3.05, 3.63) is 24.3 Å². The van der Waals surface area contributed by atoms with E-state index in [0.717, 1.165) is 0 Å². The third-order valence-electron chi connectivity index (χ3n) is 0.968. The Labute approximate surface area is 69.8 Å². The topological polar surface area (TPSA) is 74.6 Å². The third-order valence-corrected chi connectivity index (χ3v) is 0.968. The second-order valence-corrected chi connectivity index (χ2v) is 2.05. The maximum absolute atomic E-state index is 9.97. The molecule has 2 N–H and O–H groups in total. The summed E-state index contributed by atoms with van der Waals surface area (Å²) in [6.07, 6.45) is 5.82. The lowest BCUT2D eigenvalue weighted by atomic mass is 10.3. The average molecular weight is 170 g/mol. The predicted octanol–water partition coefficient (Wildman–Crippen LogP) is 1.05. The second kappa shape index (κ2) is 6.15. The zero-order valence-corrected chi connectivity index (χ0v) is 6.43. The molecule has 4 nitrogen and oxygen atoms in total. The summed E-state index contributed by atoms with van der Waals surface area (Å²) in [5.41, 5.74) is 0. The summed E-state index contributed by atoms with van der Waals surface area (Å²) in [6, 6.07) is 0. The summed E-state index contributed by atoms with van der Waals surface area (Å²) in [5.74, 6) is -1.81. The molecule has 0 amide bonds. The molecule has 0 aliphatic rings. The van der Waals surface area contributed by atoms with Crippen LogP contribution < -0.4 is 0 Å². The Morgan fingerprint density at radius 1 is 0.917 bits per heavy atom. The molecule has 0 saturated heterocycles. The fraction of sp³-hybridized carbons (Fsp3) is 0.250. The lowest BCUT2D eigenvalue weighted by molar-refractivity contribution is -0.137. The van der Waals surface area contributed by atoms with E-state index >= 15 is 0 Å². The highest BCUT2D eigenvalue weighted by molar-refractivity contribution is 5.69. The van der Waals surface area contributed by atoms with Crippen molar-refractivity contribution in [1.82, 2.24) is 0 Å². The number of hydrogen-bond donors (Lipinski definition) is 2. The van der Waals surface area contributed by atoms with E-state index in [4.69, 9.17) is 10.2 Å². The molecule has 0 atom stereocenters. The third kappa shape index (κ3) is 8.42. The van der Waals surface area contributed by atoms with Gasteiger partial charge in [0.25, 0.3) is 0 Å². The highest BCUT2D eigenvalue weighted by Gasteiger charge is 1.88. The largest absolute Gasteiger partial charge is 0.481 e. The molecule has 0 fully saturated rings. The highest BCUT2D eigenvalue weighted by Crippen LogP contribution is 1.86. The Hall–Kier alpha value is -1.58. The average Bonchev–Trinajstić information content (AvgIpc) is 1.95. The van der Waals surface area contributed by atoms with Crippen LogP contribution in [0.25, 0.3) is 0 Å². The van der Waals surface area contributed by atoms with Gasteiger partial charge in [-0.25, -0.2) is 0 Å². The number of carboxylic acids is 2. The molecule has 0 aromatic heterocycles. The van der Waals surface area contributed by atoms with Crippen LogP contribution in [0.2, 0.25) is 0 Å². The molecular formula is C8H10O4. The summed E-state index contributed by atoms with van der Waals surface area (Å²) in [4.78, 5) is 19.9. The molecular weight excluding hydrogens is 160 g/mol. The van der Waals surface area contributed by atoms with Crippen LogP contribution in [0.4, 0.5) is 0 Å². The van der Waals surface area contributed by atoms with E-state index in [1.807, 2.05) is 0 Å². The Morgan fingerprint density at radius 3 is 1.50 bits per heavy atom. The highest BCUT2D eigenvalue weighted by atomic mass is 16.4. The predicted molar refractivity (Wildman–Crippen MR) is 42.8 cm³/mol. The quantitative estimate of drug-likeness (QED) is 0.604. The SMILES string of the molecule is O=C(O)CC=CC=CCC(=O)O. The van der Waals surface area contributed by atoms with Gasteiger partial charge in [0.1, 0.15) is 0 Å². The van der Waals surface area contributed by atoms with E-state index in [0.29, 0.717) is 0 Å². The van der Waals surface area contributed by atoms with Crippen LogP contribution in [0.1, 0.15) is 12.8 Å². The summed E-state index contributed by atoms with van der Waals surface area (Å²) < 4.78 is 0. The van der Waals surface area contributed by atoms with E-state index < -0.39 is 11.9 Å². The van der Waals surface area contributed by atoms with Crippen LogP contribution in [0.15, 0.2) is 24.3 Å². The molecule has 4 heteroatoms. The first-order chi connectivity index (χ1) is 5.63. The van der Waals surface area contributed by atoms with Crippen LogP contribution in [0, 0.1) is 0 Å². The maximum atomic E-state index is 9.97. The van der Waals surface area contributed by atoms with Crippen LogP contribution in [-0.2, 0) is 9.59 Å². The molecule has 0 rings (SSSR count). The van der Waals surface area contributed by atoms with Gasteiger partial charge in [0.05, 0.1) is 12.8 Å². The zero-order valence-electron chi connectivity index (χ0n) is 6.43. The van der Waals surface area contributed by atoms with Gasteiger partial charge >= 0.3 is 11.9 Å². The summed E-state index contributed by atoms with van der Waals surface area (Å²) in [6.45, 7) is 0. The van der Waals surface area contributed by atoms with E-state index in [9.17, 15) is 9.59 Å². The van der Waals surface area contributed by atoms with Crippen molar-refractivity contribution >= 4 is 11.9 Å². The zero-order chi connectivity index (χ0) is 9.40. The van der Waals surface area contributed by atoms with E-state index in [1.54, 1.807) is 0 Å². The Morgan fingerprint density at radius 2 is 1.25 bits per heavy atom. The summed E-state index contributed by atoms with van der Waals surface area (Å²) in [5, 5.41) is 16.4. The summed E-state index contributed by atoms with van der Waals surface area (Å²) in [7, 11) is 0. The van der Waals surface area contributed by atoms with Gasteiger partial charge in [-0.3, -0.25) is 9.59 Å². The van der Waals surface area contributed by atoms with Gasteiger partial charge in [-0.15, -0.1) is 0 Å². The Kier molecular flexibility index (Phi) is 5.34. The molecule has 0 bridgehead atoms. The van der Waals surface area contributed by atoms with Crippen molar-refractivity contribution in [2.24, 2.45) is 0 Å². The molecule has 0 aliphatic carbocycles. The van der Waals surface area contributed by atoms with Crippen LogP contribution in [0.3, 0.4) is 0 Å². The van der Waals surface area contributed by atoms with Gasteiger partial charge in [-0.1, -0.05) is 24.3 Å². The number of carboxylic acid groups (broad SMARTS) is 2. The minimum atomic E-state index is -0.905. The summed E-state index contributed by atoms with van der Waals surface area (Å²) >= 11 is 0. The fourth-order valence-electron chi connectivity index (χ4n) is 0.495. The Balaban J connectivity index is 3.52. The second-order valence-electron chi connectivity index (χ2n) is 2.05. The van der Waals surface area contributed by atoms with Gasteiger partial charge < -0.3 is 10.2 Å². The van der Waals surface area contributed by atoms with Crippen molar-refractivity contribution in [2.75, 3.05) is 0 Å². The minimum Gasteiger partial charge on any atom is -0.481 e. The molecule has 0 unspecified atom stereocenters. The number of hydrogen-bond acceptors (Lipinski definition) is 2. The first-order valence-corrected chi connectivity index (χ1v) is 3.38. The first-order valence-electron chi connectivity index (χ1n) is 3.38. The minimum absolute atomic E-state index is 0.0442. The van der Waals surface area contributed by atoms with Gasteiger partial charge in [-0.05, 0) is 0 Å². The molecule has 0 spiro atoms. The van der Waals surface area contributed by atoms with Gasteiger partial charge in [-0.2, -0.15) is 0 Å². The molecule has 0 aromatic rings. The molecule has 0 aromatic carbocycles. The number of carbonyl (C=O) groups is 2. The molecule has 0 heterocycles. The van der Waals surface area contributed by atoms with E-state index in [1.165, 1.54) is 24.3 Å². The van der Waals surface area contributed by atoms with E-state index in [2.05, 4.69) is 0 Å². The van der Waals surface area contributed by atoms with Crippen molar-refractivity contribution < 1.29 is 19.8 Å². The molecule has 0 radical (unpaired) electrons. The molecule has 0 saturated carbocycles. The Bertz CT molecular complexity index is 191. The first kappa shape index (κ1) is 10.4. The molecule has 12 heavy (non-hydrogen) atoms. The van der Waals surface area contributed by atoms with Crippen LogP contribution in [-0.4, -0.2) is 22.2 Å². The van der Waals surface area contributed by atoms with Crippen LogP contribution in [0.5, 0.6) is 0 Å². The lowest BCUT2D eigenvalue weighted by Crippen LogP contribution is -1.90. The molecule has 66 valence electrons. The monoisotopic (exact) mass is 170 g/mol. The van der Waals surface area contributed by atoms with E-state index in [-0.39, 0.29) is 12.8 Å². The van der Waals surface area contributed by atoms with Gasteiger partial charge in [0.2, 0.25) is 0 Å². The van der Waals surface area contributed by atoms with Crippen LogP contribution >= 0.6 is 0 Å². The fourth-order valence-corrected chi connectivity index (χ4v) is 0.495.